The summed E-state index contributed by atoms with van der Waals surface area (Å²) in [6.45, 7) is 8.37. The van der Waals surface area contributed by atoms with E-state index in [1.54, 1.807) is 24.3 Å². The van der Waals surface area contributed by atoms with Crippen LogP contribution in [0.2, 0.25) is 0 Å². The molecule has 2 atom stereocenters. The van der Waals surface area contributed by atoms with Gasteiger partial charge in [-0.05, 0) is 30.5 Å². The van der Waals surface area contributed by atoms with Gasteiger partial charge in [-0.3, -0.25) is 14.4 Å². The minimum atomic E-state index is -1.82. The van der Waals surface area contributed by atoms with Gasteiger partial charge in [-0.2, -0.15) is 12.0 Å². The Morgan fingerprint density at radius 3 is 1.88 bits per heavy atom. The number of aliphatic carboxylic acids is 4. The first kappa shape index (κ1) is 41.9. The molecule has 0 radical (unpaired) electrons. The average Bonchev–Trinajstić information content (AvgIpc) is 2.88. The average molecular weight is 763 g/mol. The van der Waals surface area contributed by atoms with Gasteiger partial charge in [0, 0.05) is 25.8 Å². The summed E-state index contributed by atoms with van der Waals surface area (Å²) in [7, 11) is 0. The van der Waals surface area contributed by atoms with Crippen LogP contribution in [0.5, 0.6) is 5.75 Å². The summed E-state index contributed by atoms with van der Waals surface area (Å²) in [5, 5.41) is 30.8. The predicted octanol–water partition coefficient (Wildman–Crippen LogP) is 3.79. The first-order valence-corrected chi connectivity index (χ1v) is 12.2. The van der Waals surface area contributed by atoms with Crippen LogP contribution in [-0.4, -0.2) is 68.9 Å². The van der Waals surface area contributed by atoms with Crippen molar-refractivity contribution in [3.8, 4) is 5.75 Å². The van der Waals surface area contributed by atoms with Crippen molar-refractivity contribution in [1.29, 1.82) is 0 Å². The van der Waals surface area contributed by atoms with Crippen molar-refractivity contribution in [3.05, 3.63) is 55.1 Å². The molecule has 0 aromatic heterocycles. The number of carboxylic acids is 4. The SMILES string of the molecule is C=CC(=O)OCCCC(=O)Oc1ccc(CCC(=O)O)cc1.CC(=O)O.O=C(O)C(=O)O.[CH2-]C1CCCCC1[NH-].[Pt+2]. The summed E-state index contributed by atoms with van der Waals surface area (Å²) in [6, 6.07) is 6.82. The number of hydrogen-bond donors (Lipinski definition) is 4. The van der Waals surface area contributed by atoms with Gasteiger partial charge >= 0.3 is 50.9 Å². The van der Waals surface area contributed by atoms with Gasteiger partial charge in [0.15, 0.2) is 0 Å². The van der Waals surface area contributed by atoms with Gasteiger partial charge in [-0.25, -0.2) is 14.4 Å². The van der Waals surface area contributed by atoms with Gasteiger partial charge < -0.3 is 42.6 Å². The number of carboxylic acid groups (broad SMARTS) is 4. The van der Waals surface area contributed by atoms with Crippen molar-refractivity contribution in [2.24, 2.45) is 5.92 Å². The van der Waals surface area contributed by atoms with Crippen molar-refractivity contribution in [1.82, 2.24) is 0 Å². The van der Waals surface area contributed by atoms with Gasteiger partial charge in [-0.15, -0.1) is 0 Å². The first-order chi connectivity index (χ1) is 18.7. The molecule has 0 aliphatic heterocycles. The van der Waals surface area contributed by atoms with Gasteiger partial charge in [0.25, 0.3) is 5.97 Å². The van der Waals surface area contributed by atoms with Gasteiger partial charge in [0.1, 0.15) is 5.75 Å². The zero-order valence-electron chi connectivity index (χ0n) is 22.7. The van der Waals surface area contributed by atoms with E-state index in [4.69, 9.17) is 50.0 Å². The Bertz CT molecular complexity index is 940. The monoisotopic (exact) mass is 762 g/mol. The maximum absolute atomic E-state index is 11.6. The van der Waals surface area contributed by atoms with Crippen molar-refractivity contribution >= 4 is 35.8 Å². The minimum Gasteiger partial charge on any atom is -0.677 e. The molecule has 1 aliphatic rings. The van der Waals surface area contributed by atoms with Crippen LogP contribution < -0.4 is 4.74 Å². The number of carbonyl (C=O) groups excluding carboxylic acids is 2. The van der Waals surface area contributed by atoms with E-state index in [9.17, 15) is 14.4 Å². The number of rotatable bonds is 9. The van der Waals surface area contributed by atoms with E-state index in [0.29, 0.717) is 24.5 Å². The summed E-state index contributed by atoms with van der Waals surface area (Å²) in [6.07, 6.45) is 6.84. The van der Waals surface area contributed by atoms with E-state index in [2.05, 4.69) is 13.5 Å². The van der Waals surface area contributed by atoms with Crippen molar-refractivity contribution in [3.63, 3.8) is 0 Å². The Hall–Kier alpha value is -3.57. The Labute approximate surface area is 253 Å². The van der Waals surface area contributed by atoms with Crippen molar-refractivity contribution in [2.75, 3.05) is 6.61 Å². The fourth-order valence-corrected chi connectivity index (χ4v) is 2.81. The largest absolute Gasteiger partial charge is 2.00 e. The first-order valence-electron chi connectivity index (χ1n) is 12.2. The maximum Gasteiger partial charge on any atom is 2.00 e. The molecule has 0 saturated heterocycles. The van der Waals surface area contributed by atoms with Crippen LogP contribution in [0, 0.1) is 12.8 Å². The second-order valence-electron chi connectivity index (χ2n) is 8.27. The quantitative estimate of drug-likeness (QED) is 0.0704. The predicted molar refractivity (Wildman–Crippen MR) is 142 cm³/mol. The number of esters is 2. The fourth-order valence-electron chi connectivity index (χ4n) is 2.81. The second kappa shape index (κ2) is 25.4. The molecule has 2 rings (SSSR count). The topological polar surface area (TPSA) is 226 Å². The minimum absolute atomic E-state index is 0. The van der Waals surface area contributed by atoms with Gasteiger partial charge in [-0.1, -0.05) is 44.4 Å². The summed E-state index contributed by atoms with van der Waals surface area (Å²) in [5.41, 5.74) is 8.28. The molecule has 13 nitrogen and oxygen atoms in total. The van der Waals surface area contributed by atoms with E-state index in [1.807, 2.05) is 0 Å². The zero-order chi connectivity index (χ0) is 31.1. The molecule has 5 N–H and O–H groups in total. The fraction of sp³-hybridized carbons (Fsp3) is 0.444. The number of carbonyl (C=O) groups is 6. The molecule has 41 heavy (non-hydrogen) atoms. The molecule has 14 heteroatoms. The number of aryl methyl sites for hydroxylation is 1. The third-order valence-electron chi connectivity index (χ3n) is 4.81. The van der Waals surface area contributed by atoms with Gasteiger partial charge in [0.2, 0.25) is 0 Å². The van der Waals surface area contributed by atoms with Crippen LogP contribution in [0.4, 0.5) is 0 Å². The van der Waals surface area contributed by atoms with E-state index < -0.39 is 35.8 Å². The molecule has 0 amide bonds. The van der Waals surface area contributed by atoms with E-state index in [0.717, 1.165) is 25.0 Å². The third-order valence-corrected chi connectivity index (χ3v) is 4.81. The Morgan fingerprint density at radius 2 is 1.49 bits per heavy atom. The Balaban J connectivity index is -0.000000617. The van der Waals surface area contributed by atoms with Crippen molar-refractivity contribution in [2.45, 2.75) is 64.3 Å². The van der Waals surface area contributed by atoms with Gasteiger partial charge in [0.05, 0.1) is 6.61 Å². The molecule has 1 aromatic rings. The standard InChI is InChI=1S/C16H18O6.C7H13N.C2H2O4.C2H4O2.Pt/c1-2-15(19)21-11-3-4-16(20)22-13-8-5-12(6-9-13)7-10-14(17)18;1-6-4-2-3-5-7(6)8;3-1(4)2(5)6;1-2(3)4;/h2,5-6,8-9H,1,3-4,7,10-11H2,(H,17,18);6-8H,1-5H2;(H,3,4)(H,5,6);1H3,(H,3,4);/q;-2;;;+2. The number of hydrogen-bond acceptors (Lipinski definition) is 8. The van der Waals surface area contributed by atoms with E-state index in [1.165, 1.54) is 19.3 Å². The van der Waals surface area contributed by atoms with Crippen LogP contribution in [0.3, 0.4) is 0 Å². The molecule has 0 heterocycles. The van der Waals surface area contributed by atoms with Crippen LogP contribution >= 0.6 is 0 Å². The zero-order valence-corrected chi connectivity index (χ0v) is 25.0. The van der Waals surface area contributed by atoms with E-state index in [-0.39, 0.29) is 46.6 Å². The molecule has 232 valence electrons. The van der Waals surface area contributed by atoms with Crippen LogP contribution in [0.25, 0.3) is 5.73 Å². The Morgan fingerprint density at radius 1 is 0.976 bits per heavy atom. The Kier molecular flexibility index (Phi) is 26.0. The van der Waals surface area contributed by atoms with Crippen molar-refractivity contribution < 1.29 is 79.7 Å². The van der Waals surface area contributed by atoms with E-state index >= 15 is 0 Å². The maximum atomic E-state index is 11.6. The summed E-state index contributed by atoms with van der Waals surface area (Å²) < 4.78 is 9.85. The van der Waals surface area contributed by atoms with Crippen LogP contribution in [-0.2, 0) is 61.0 Å². The summed E-state index contributed by atoms with van der Waals surface area (Å²) in [4.78, 5) is 60.0. The molecular formula is C27H37NO12Pt. The number of nitrogens with one attached hydrogen (secondary N) is 1. The second-order valence-corrected chi connectivity index (χ2v) is 8.27. The molecule has 1 aliphatic carbocycles. The smallest absolute Gasteiger partial charge is 0.677 e. The molecule has 2 unspecified atom stereocenters. The number of benzene rings is 1. The normalized spacial score (nSPS) is 14.7. The van der Waals surface area contributed by atoms with Crippen LogP contribution in [0.15, 0.2) is 36.9 Å². The van der Waals surface area contributed by atoms with Crippen LogP contribution in [0.1, 0.15) is 57.4 Å². The number of ether oxygens (including phenoxy) is 2. The molecule has 1 aromatic carbocycles. The molecular weight excluding hydrogens is 725 g/mol. The summed E-state index contributed by atoms with van der Waals surface area (Å²) >= 11 is 0. The third kappa shape index (κ3) is 27.8. The molecule has 0 spiro atoms. The molecule has 1 saturated carbocycles. The molecule has 0 bridgehead atoms. The molecule has 1 fully saturated rings. The summed E-state index contributed by atoms with van der Waals surface area (Å²) in [5.74, 6) is -5.47.